The lowest BCUT2D eigenvalue weighted by Gasteiger charge is -2.12. The van der Waals surface area contributed by atoms with Gasteiger partial charge in [0, 0.05) is 29.5 Å². The number of ether oxygens (including phenoxy) is 1. The topological polar surface area (TPSA) is 51.2 Å². The van der Waals surface area contributed by atoms with Crippen molar-refractivity contribution in [2.24, 2.45) is 0 Å². The molecule has 0 atom stereocenters. The lowest BCUT2D eigenvalue weighted by molar-refractivity contribution is 0.0950. The number of benzene rings is 1. The second-order valence-electron chi connectivity index (χ2n) is 4.34. The van der Waals surface area contributed by atoms with Crippen LogP contribution in [0.1, 0.15) is 21.5 Å². The van der Waals surface area contributed by atoms with Crippen molar-refractivity contribution in [3.05, 3.63) is 58.4 Å². The van der Waals surface area contributed by atoms with E-state index in [1.807, 2.05) is 13.0 Å². The van der Waals surface area contributed by atoms with Gasteiger partial charge in [0.05, 0.1) is 12.7 Å². The first-order valence-electron chi connectivity index (χ1n) is 6.13. The fourth-order valence-electron chi connectivity index (χ4n) is 1.80. The third-order valence-electron chi connectivity index (χ3n) is 2.92. The van der Waals surface area contributed by atoms with E-state index in [0.29, 0.717) is 22.9 Å². The Bertz CT molecular complexity index is 615. The lowest BCUT2D eigenvalue weighted by Crippen LogP contribution is -2.23. The molecule has 1 N–H and O–H groups in total. The third kappa shape index (κ3) is 3.27. The monoisotopic (exact) mass is 290 g/mol. The number of carbonyl (C=O) groups excluding carboxylic acids is 1. The van der Waals surface area contributed by atoms with Gasteiger partial charge in [0.15, 0.2) is 0 Å². The maximum atomic E-state index is 11.9. The van der Waals surface area contributed by atoms with E-state index in [1.165, 1.54) is 6.20 Å². The second kappa shape index (κ2) is 6.39. The minimum absolute atomic E-state index is 0.183. The van der Waals surface area contributed by atoms with E-state index in [9.17, 15) is 4.79 Å². The smallest absolute Gasteiger partial charge is 0.253 e. The van der Waals surface area contributed by atoms with Crippen LogP contribution in [0.2, 0.25) is 5.02 Å². The van der Waals surface area contributed by atoms with E-state index >= 15 is 0 Å². The van der Waals surface area contributed by atoms with Gasteiger partial charge in [0.1, 0.15) is 5.75 Å². The average molecular weight is 291 g/mol. The summed E-state index contributed by atoms with van der Waals surface area (Å²) in [4.78, 5) is 15.9. The highest BCUT2D eigenvalue weighted by molar-refractivity contribution is 6.31. The van der Waals surface area contributed by atoms with Crippen LogP contribution < -0.4 is 10.1 Å². The summed E-state index contributed by atoms with van der Waals surface area (Å²) in [6.45, 7) is 2.25. The van der Waals surface area contributed by atoms with Crippen LogP contribution in [0.5, 0.6) is 5.75 Å². The van der Waals surface area contributed by atoms with Gasteiger partial charge in [-0.25, -0.2) is 0 Å². The van der Waals surface area contributed by atoms with Crippen LogP contribution in [-0.2, 0) is 6.54 Å². The van der Waals surface area contributed by atoms with E-state index in [0.717, 1.165) is 11.1 Å². The standard InChI is InChI=1S/C15H15ClN2O2/c1-10-6-14(20-2)12(7-13(10)16)9-18-15(19)11-4-3-5-17-8-11/h3-8H,9H2,1-2H3,(H,18,19). The van der Waals surface area contributed by atoms with Crippen LogP contribution >= 0.6 is 11.6 Å². The highest BCUT2D eigenvalue weighted by Crippen LogP contribution is 2.26. The molecule has 104 valence electrons. The molecule has 1 aromatic heterocycles. The Morgan fingerprint density at radius 3 is 2.90 bits per heavy atom. The molecule has 1 aromatic carbocycles. The Morgan fingerprint density at radius 2 is 2.25 bits per heavy atom. The second-order valence-corrected chi connectivity index (χ2v) is 4.74. The van der Waals surface area contributed by atoms with Gasteiger partial charge < -0.3 is 10.1 Å². The van der Waals surface area contributed by atoms with Crippen molar-refractivity contribution in [1.29, 1.82) is 0 Å². The molecule has 0 aliphatic heterocycles. The Morgan fingerprint density at radius 1 is 1.45 bits per heavy atom. The molecule has 2 rings (SSSR count). The molecule has 4 nitrogen and oxygen atoms in total. The molecular weight excluding hydrogens is 276 g/mol. The number of pyridine rings is 1. The van der Waals surface area contributed by atoms with Crippen molar-refractivity contribution in [1.82, 2.24) is 10.3 Å². The quantitative estimate of drug-likeness (QED) is 0.942. The highest BCUT2D eigenvalue weighted by atomic mass is 35.5. The van der Waals surface area contributed by atoms with E-state index in [1.54, 1.807) is 31.5 Å². The van der Waals surface area contributed by atoms with Gasteiger partial charge in [-0.3, -0.25) is 9.78 Å². The van der Waals surface area contributed by atoms with Crippen LogP contribution in [0.4, 0.5) is 0 Å². The molecule has 0 fully saturated rings. The summed E-state index contributed by atoms with van der Waals surface area (Å²) in [7, 11) is 1.59. The summed E-state index contributed by atoms with van der Waals surface area (Å²) >= 11 is 6.10. The van der Waals surface area contributed by atoms with Crippen molar-refractivity contribution < 1.29 is 9.53 Å². The van der Waals surface area contributed by atoms with Crippen molar-refractivity contribution in [3.63, 3.8) is 0 Å². The minimum atomic E-state index is -0.183. The first-order valence-corrected chi connectivity index (χ1v) is 6.51. The maximum absolute atomic E-state index is 11.9. The first kappa shape index (κ1) is 14.3. The van der Waals surface area contributed by atoms with E-state index < -0.39 is 0 Å². The van der Waals surface area contributed by atoms with E-state index in [4.69, 9.17) is 16.3 Å². The number of carbonyl (C=O) groups is 1. The number of aryl methyl sites for hydroxylation is 1. The number of rotatable bonds is 4. The van der Waals surface area contributed by atoms with E-state index in [2.05, 4.69) is 10.3 Å². The Hall–Kier alpha value is -2.07. The number of methoxy groups -OCH3 is 1. The number of amides is 1. The van der Waals surface area contributed by atoms with Gasteiger partial charge in [0.25, 0.3) is 5.91 Å². The molecule has 0 bridgehead atoms. The predicted molar refractivity (Wildman–Crippen MR) is 78.1 cm³/mol. The Labute approximate surface area is 122 Å². The summed E-state index contributed by atoms with van der Waals surface area (Å²) in [5.41, 5.74) is 2.29. The average Bonchev–Trinajstić information content (AvgIpc) is 2.48. The van der Waals surface area contributed by atoms with E-state index in [-0.39, 0.29) is 5.91 Å². The number of aromatic nitrogens is 1. The van der Waals surface area contributed by atoms with Gasteiger partial charge in [0.2, 0.25) is 0 Å². The molecule has 20 heavy (non-hydrogen) atoms. The molecular formula is C15H15ClN2O2. The number of hydrogen-bond acceptors (Lipinski definition) is 3. The molecule has 2 aromatic rings. The van der Waals surface area contributed by atoms with Crippen LogP contribution in [0.25, 0.3) is 0 Å². The van der Waals surface area contributed by atoms with Crippen LogP contribution in [0.3, 0.4) is 0 Å². The van der Waals surface area contributed by atoms with Gasteiger partial charge in [-0.1, -0.05) is 11.6 Å². The van der Waals surface area contributed by atoms with Gasteiger partial charge >= 0.3 is 0 Å². The molecule has 0 saturated carbocycles. The first-order chi connectivity index (χ1) is 9.61. The predicted octanol–water partition coefficient (Wildman–Crippen LogP) is 2.98. The fraction of sp³-hybridized carbons (Fsp3) is 0.200. The summed E-state index contributed by atoms with van der Waals surface area (Å²) < 4.78 is 5.30. The maximum Gasteiger partial charge on any atom is 0.253 e. The lowest BCUT2D eigenvalue weighted by atomic mass is 10.1. The highest BCUT2D eigenvalue weighted by Gasteiger charge is 2.10. The fourth-order valence-corrected chi connectivity index (χ4v) is 1.99. The van der Waals surface area contributed by atoms with Crippen molar-refractivity contribution in [2.45, 2.75) is 13.5 Å². The molecule has 1 amide bonds. The summed E-state index contributed by atoms with van der Waals surface area (Å²) in [5.74, 6) is 0.523. The van der Waals surface area contributed by atoms with Crippen LogP contribution in [0, 0.1) is 6.92 Å². The van der Waals surface area contributed by atoms with Crippen molar-refractivity contribution in [2.75, 3.05) is 7.11 Å². The minimum Gasteiger partial charge on any atom is -0.496 e. The SMILES string of the molecule is COc1cc(C)c(Cl)cc1CNC(=O)c1cccnc1. The molecule has 0 aliphatic rings. The van der Waals surface area contributed by atoms with Crippen LogP contribution in [-0.4, -0.2) is 18.0 Å². The zero-order valence-corrected chi connectivity index (χ0v) is 12.1. The van der Waals surface area contributed by atoms with Crippen molar-refractivity contribution in [3.8, 4) is 5.75 Å². The van der Waals surface area contributed by atoms with Crippen molar-refractivity contribution >= 4 is 17.5 Å². The summed E-state index contributed by atoms with van der Waals surface area (Å²) in [6.07, 6.45) is 3.15. The largest absolute Gasteiger partial charge is 0.496 e. The molecule has 0 radical (unpaired) electrons. The Balaban J connectivity index is 2.11. The van der Waals surface area contributed by atoms with Gasteiger partial charge in [-0.2, -0.15) is 0 Å². The molecule has 0 spiro atoms. The third-order valence-corrected chi connectivity index (χ3v) is 3.33. The molecule has 0 saturated heterocycles. The number of nitrogens with one attached hydrogen (secondary N) is 1. The summed E-state index contributed by atoms with van der Waals surface area (Å²) in [5, 5.41) is 3.47. The molecule has 0 aliphatic carbocycles. The van der Waals surface area contributed by atoms with Gasteiger partial charge in [-0.15, -0.1) is 0 Å². The zero-order chi connectivity index (χ0) is 14.5. The van der Waals surface area contributed by atoms with Crippen LogP contribution in [0.15, 0.2) is 36.7 Å². The molecule has 1 heterocycles. The zero-order valence-electron chi connectivity index (χ0n) is 11.3. The summed E-state index contributed by atoms with van der Waals surface area (Å²) in [6, 6.07) is 7.09. The Kier molecular flexibility index (Phi) is 4.58. The van der Waals surface area contributed by atoms with Gasteiger partial charge in [-0.05, 0) is 36.8 Å². The number of nitrogens with zero attached hydrogens (tertiary/aromatic N) is 1. The molecule has 0 unspecified atom stereocenters. The number of halogens is 1. The normalized spacial score (nSPS) is 10.2. The molecule has 5 heteroatoms. The number of hydrogen-bond donors (Lipinski definition) is 1.